The third-order valence-corrected chi connectivity index (χ3v) is 6.40. The Kier molecular flexibility index (Phi) is 3.27. The third-order valence-electron chi connectivity index (χ3n) is 4.58. The fraction of sp³-hybridized carbons (Fsp3) is 0.467. The molecule has 0 fully saturated rings. The van der Waals surface area contributed by atoms with Crippen molar-refractivity contribution >= 4 is 10.0 Å². The minimum absolute atomic E-state index is 0.259. The Morgan fingerprint density at radius 1 is 1.18 bits per heavy atom. The van der Waals surface area contributed by atoms with Gasteiger partial charge in [0, 0.05) is 6.54 Å². The highest BCUT2D eigenvalue weighted by Crippen LogP contribution is 2.29. The number of aromatic nitrogens is 3. The molecule has 1 atom stereocenters. The smallest absolute Gasteiger partial charge is 0.215 e. The number of hydrogen-bond donors (Lipinski definition) is 1. The minimum atomic E-state index is -3.38. The van der Waals surface area contributed by atoms with E-state index >= 15 is 0 Å². The van der Waals surface area contributed by atoms with Crippen molar-refractivity contribution in [3.05, 3.63) is 47.5 Å². The zero-order valence-corrected chi connectivity index (χ0v) is 13.0. The van der Waals surface area contributed by atoms with Crippen molar-refractivity contribution in [3.8, 4) is 0 Å². The van der Waals surface area contributed by atoms with E-state index in [1.54, 1.807) is 4.68 Å². The molecule has 0 bridgehead atoms. The predicted octanol–water partition coefficient (Wildman–Crippen LogP) is 1.20. The first-order chi connectivity index (χ1) is 10.6. The molecule has 0 amide bonds. The molecule has 1 N–H and O–H groups in total. The van der Waals surface area contributed by atoms with Gasteiger partial charge in [-0.1, -0.05) is 24.3 Å². The van der Waals surface area contributed by atoms with Crippen LogP contribution < -0.4 is 4.72 Å². The second-order valence-corrected chi connectivity index (χ2v) is 7.99. The third kappa shape index (κ3) is 2.34. The van der Waals surface area contributed by atoms with Gasteiger partial charge >= 0.3 is 0 Å². The first-order valence-electron chi connectivity index (χ1n) is 7.59. The molecular formula is C15H18N4O2S. The van der Waals surface area contributed by atoms with Crippen LogP contribution in [-0.4, -0.2) is 28.4 Å². The number of sulfonamides is 1. The molecule has 22 heavy (non-hydrogen) atoms. The van der Waals surface area contributed by atoms with Crippen LogP contribution in [0.3, 0.4) is 0 Å². The summed E-state index contributed by atoms with van der Waals surface area (Å²) in [6.45, 7) is 0.808. The lowest BCUT2D eigenvalue weighted by molar-refractivity contribution is 0.398. The van der Waals surface area contributed by atoms with Crippen LogP contribution in [0.4, 0.5) is 0 Å². The molecule has 1 aliphatic carbocycles. The van der Waals surface area contributed by atoms with Crippen LogP contribution >= 0.6 is 0 Å². The second-order valence-electron chi connectivity index (χ2n) is 6.00. The zero-order valence-electron chi connectivity index (χ0n) is 12.1. The minimum Gasteiger partial charge on any atom is -0.248 e. The maximum absolute atomic E-state index is 12.7. The fourth-order valence-corrected chi connectivity index (χ4v) is 5.04. The van der Waals surface area contributed by atoms with E-state index in [0.717, 1.165) is 36.3 Å². The van der Waals surface area contributed by atoms with Gasteiger partial charge in [-0.2, -0.15) is 5.10 Å². The molecule has 0 radical (unpaired) electrons. The average molecular weight is 318 g/mol. The monoisotopic (exact) mass is 318 g/mol. The highest BCUT2D eigenvalue weighted by atomic mass is 32.2. The summed E-state index contributed by atoms with van der Waals surface area (Å²) in [7, 11) is -3.38. The van der Waals surface area contributed by atoms with E-state index in [0.29, 0.717) is 12.8 Å². The van der Waals surface area contributed by atoms with Crippen molar-refractivity contribution in [3.63, 3.8) is 0 Å². The molecule has 116 valence electrons. The lowest BCUT2D eigenvalue weighted by Crippen LogP contribution is -2.39. The van der Waals surface area contributed by atoms with E-state index < -0.39 is 10.0 Å². The van der Waals surface area contributed by atoms with Gasteiger partial charge in [0.05, 0.1) is 11.3 Å². The Morgan fingerprint density at radius 2 is 1.91 bits per heavy atom. The molecule has 2 aromatic rings. The Balaban J connectivity index is 1.55. The molecule has 6 nitrogen and oxygen atoms in total. The molecule has 0 saturated heterocycles. The second kappa shape index (κ2) is 5.17. The number of rotatable bonds is 3. The van der Waals surface area contributed by atoms with Gasteiger partial charge < -0.3 is 0 Å². The zero-order chi connectivity index (χ0) is 15.2. The van der Waals surface area contributed by atoms with Crippen LogP contribution in [0.2, 0.25) is 0 Å². The normalized spacial score (nSPS) is 21.5. The fourth-order valence-electron chi connectivity index (χ4n) is 3.43. The quantitative estimate of drug-likeness (QED) is 0.922. The summed E-state index contributed by atoms with van der Waals surface area (Å²) in [5.41, 5.74) is 2.29. The number of nitrogens with zero attached hydrogens (tertiary/aromatic N) is 3. The standard InChI is InChI=1S/C15H18N4O2S/c20-22(21,13-8-11-4-1-2-5-12(11)9-13)18-14-6-3-7-19-15(14)16-10-17-19/h1-2,4-5,10,13-14,18H,3,6-9H2/t14-/m1/s1. The Labute approximate surface area is 129 Å². The summed E-state index contributed by atoms with van der Waals surface area (Å²) in [5.74, 6) is 0.727. The summed E-state index contributed by atoms with van der Waals surface area (Å²) in [5, 5.41) is 3.75. The SMILES string of the molecule is O=S(=O)(N[C@@H]1CCCn2ncnc21)C1Cc2ccccc2C1. The molecule has 7 heteroatoms. The highest BCUT2D eigenvalue weighted by Gasteiger charge is 2.35. The van der Waals surface area contributed by atoms with Crippen LogP contribution in [-0.2, 0) is 29.4 Å². The van der Waals surface area contributed by atoms with Gasteiger partial charge in [-0.3, -0.25) is 0 Å². The van der Waals surface area contributed by atoms with Gasteiger partial charge in [-0.25, -0.2) is 22.8 Å². The summed E-state index contributed by atoms with van der Waals surface area (Å²) in [6.07, 6.45) is 4.36. The summed E-state index contributed by atoms with van der Waals surface area (Å²) in [4.78, 5) is 4.21. The molecule has 0 unspecified atom stereocenters. The van der Waals surface area contributed by atoms with Crippen molar-refractivity contribution < 1.29 is 8.42 Å². The van der Waals surface area contributed by atoms with Crippen molar-refractivity contribution in [2.75, 3.05) is 0 Å². The molecule has 1 aliphatic heterocycles. The Morgan fingerprint density at radius 3 is 2.64 bits per heavy atom. The number of hydrogen-bond acceptors (Lipinski definition) is 4. The summed E-state index contributed by atoms with van der Waals surface area (Å²) in [6, 6.07) is 7.70. The number of benzene rings is 1. The average Bonchev–Trinajstić information content (AvgIpc) is 3.14. The maximum Gasteiger partial charge on any atom is 0.215 e. The molecule has 4 rings (SSSR count). The van der Waals surface area contributed by atoms with Crippen LogP contribution in [0.1, 0.15) is 35.8 Å². The van der Waals surface area contributed by atoms with Crippen molar-refractivity contribution in [2.24, 2.45) is 0 Å². The van der Waals surface area contributed by atoms with Crippen molar-refractivity contribution in [2.45, 2.75) is 43.5 Å². The van der Waals surface area contributed by atoms with Crippen LogP contribution in [0.25, 0.3) is 0 Å². The topological polar surface area (TPSA) is 76.9 Å². The molecular weight excluding hydrogens is 300 g/mol. The molecule has 0 spiro atoms. The van der Waals surface area contributed by atoms with Crippen molar-refractivity contribution in [1.29, 1.82) is 0 Å². The van der Waals surface area contributed by atoms with E-state index in [1.807, 2.05) is 24.3 Å². The van der Waals surface area contributed by atoms with Crippen LogP contribution in [0.5, 0.6) is 0 Å². The Bertz CT molecular complexity index is 774. The van der Waals surface area contributed by atoms with E-state index in [2.05, 4.69) is 14.8 Å². The van der Waals surface area contributed by atoms with Gasteiger partial charge in [0.15, 0.2) is 0 Å². The number of aryl methyl sites for hydroxylation is 1. The van der Waals surface area contributed by atoms with Gasteiger partial charge in [-0.15, -0.1) is 0 Å². The predicted molar refractivity (Wildman–Crippen MR) is 81.7 cm³/mol. The van der Waals surface area contributed by atoms with E-state index in [-0.39, 0.29) is 11.3 Å². The lowest BCUT2D eigenvalue weighted by atomic mass is 10.1. The number of fused-ring (bicyclic) bond motifs is 2. The van der Waals surface area contributed by atoms with Crippen LogP contribution in [0, 0.1) is 0 Å². The molecule has 2 heterocycles. The lowest BCUT2D eigenvalue weighted by Gasteiger charge is -2.24. The first-order valence-corrected chi connectivity index (χ1v) is 9.14. The van der Waals surface area contributed by atoms with E-state index in [9.17, 15) is 8.42 Å². The van der Waals surface area contributed by atoms with Gasteiger partial charge in [-0.05, 0) is 36.8 Å². The van der Waals surface area contributed by atoms with Gasteiger partial charge in [0.2, 0.25) is 10.0 Å². The highest BCUT2D eigenvalue weighted by molar-refractivity contribution is 7.90. The molecule has 1 aromatic carbocycles. The molecule has 2 aliphatic rings. The largest absolute Gasteiger partial charge is 0.248 e. The van der Waals surface area contributed by atoms with E-state index in [1.165, 1.54) is 6.33 Å². The summed E-state index contributed by atoms with van der Waals surface area (Å²) < 4.78 is 30.1. The molecule has 1 aromatic heterocycles. The first kappa shape index (κ1) is 13.9. The maximum atomic E-state index is 12.7. The van der Waals surface area contributed by atoms with Gasteiger partial charge in [0.25, 0.3) is 0 Å². The van der Waals surface area contributed by atoms with Gasteiger partial charge in [0.1, 0.15) is 12.2 Å². The number of nitrogens with one attached hydrogen (secondary N) is 1. The molecule has 0 saturated carbocycles. The van der Waals surface area contributed by atoms with Crippen LogP contribution in [0.15, 0.2) is 30.6 Å². The summed E-state index contributed by atoms with van der Waals surface area (Å²) >= 11 is 0. The Hall–Kier alpha value is -1.73. The van der Waals surface area contributed by atoms with E-state index in [4.69, 9.17) is 0 Å². The van der Waals surface area contributed by atoms with Crippen molar-refractivity contribution in [1.82, 2.24) is 19.5 Å².